The first kappa shape index (κ1) is 24.5. The monoisotopic (exact) mass is 500 g/mol. The maximum atomic E-state index is 14.1. The minimum Gasteiger partial charge on any atom is -0.497 e. The molecule has 2 heterocycles. The lowest BCUT2D eigenvalue weighted by Gasteiger charge is -2.39. The molecule has 2 aliphatic rings. The number of fused-ring (bicyclic) bond motifs is 1. The molecule has 0 radical (unpaired) electrons. The van der Waals surface area contributed by atoms with Crippen LogP contribution in [0.15, 0.2) is 77.8 Å². The van der Waals surface area contributed by atoms with Gasteiger partial charge in [0, 0.05) is 31.9 Å². The van der Waals surface area contributed by atoms with Crippen LogP contribution in [0.2, 0.25) is 0 Å². The highest BCUT2D eigenvalue weighted by atomic mass is 16.5. The quantitative estimate of drug-likeness (QED) is 0.495. The number of rotatable bonds is 7. The molecule has 2 aliphatic heterocycles. The van der Waals surface area contributed by atoms with Gasteiger partial charge in [0.05, 0.1) is 19.4 Å². The second-order valence-electron chi connectivity index (χ2n) is 9.03. The number of para-hydroxylation sites is 1. The van der Waals surface area contributed by atoms with Gasteiger partial charge in [-0.1, -0.05) is 30.3 Å². The Morgan fingerprint density at radius 2 is 1.89 bits per heavy atom. The van der Waals surface area contributed by atoms with Crippen LogP contribution in [0, 0.1) is 0 Å². The van der Waals surface area contributed by atoms with Crippen molar-refractivity contribution in [2.45, 2.75) is 31.4 Å². The van der Waals surface area contributed by atoms with Gasteiger partial charge in [-0.15, -0.1) is 0 Å². The van der Waals surface area contributed by atoms with Crippen LogP contribution >= 0.6 is 0 Å². The number of benzene rings is 3. The van der Waals surface area contributed by atoms with E-state index in [0.717, 1.165) is 11.1 Å². The van der Waals surface area contributed by atoms with Crippen molar-refractivity contribution in [2.75, 3.05) is 25.2 Å². The van der Waals surface area contributed by atoms with Crippen molar-refractivity contribution < 1.29 is 28.9 Å². The highest BCUT2D eigenvalue weighted by Gasteiger charge is 2.58. The van der Waals surface area contributed by atoms with Crippen LogP contribution in [0.4, 0.5) is 5.69 Å². The normalized spacial score (nSPS) is 20.3. The summed E-state index contributed by atoms with van der Waals surface area (Å²) >= 11 is 0. The Bertz CT molecular complexity index is 1350. The van der Waals surface area contributed by atoms with Crippen molar-refractivity contribution in [3.05, 3.63) is 89.5 Å². The number of aliphatic imine (C=N–C) groups is 1. The number of aliphatic hydroxyl groups is 1. The van der Waals surface area contributed by atoms with E-state index < -0.39 is 17.6 Å². The molecule has 3 aromatic rings. The molecule has 0 aliphatic carbocycles. The van der Waals surface area contributed by atoms with Gasteiger partial charge in [-0.25, -0.2) is 9.89 Å². The molecular weight excluding hydrogens is 472 g/mol. The van der Waals surface area contributed by atoms with Gasteiger partial charge in [0.15, 0.2) is 11.6 Å². The lowest BCUT2D eigenvalue weighted by Crippen LogP contribution is -2.56. The number of methoxy groups -OCH3 is 1. The third-order valence-corrected chi connectivity index (χ3v) is 6.61. The van der Waals surface area contributed by atoms with Crippen LogP contribution in [0.5, 0.6) is 11.5 Å². The van der Waals surface area contributed by atoms with E-state index in [2.05, 4.69) is 0 Å². The minimum atomic E-state index is -1.38. The summed E-state index contributed by atoms with van der Waals surface area (Å²) in [6.45, 7) is 1.85. The number of imide groups is 1. The molecule has 8 nitrogen and oxygen atoms in total. The Labute approximate surface area is 215 Å². The number of hydrogen-bond donors (Lipinski definition) is 1. The number of amides is 2. The average Bonchev–Trinajstić information content (AvgIpc) is 3.29. The summed E-state index contributed by atoms with van der Waals surface area (Å²) in [6.07, 6.45) is 0.0405. The summed E-state index contributed by atoms with van der Waals surface area (Å²) in [7, 11) is 1.58. The van der Waals surface area contributed by atoms with Crippen LogP contribution in [0.1, 0.15) is 36.1 Å². The van der Waals surface area contributed by atoms with Crippen LogP contribution < -0.4 is 14.4 Å². The number of anilines is 1. The van der Waals surface area contributed by atoms with Crippen molar-refractivity contribution in [3.63, 3.8) is 0 Å². The summed E-state index contributed by atoms with van der Waals surface area (Å²) in [5, 5.41) is 8.97. The molecule has 1 N–H and O–H groups in total. The van der Waals surface area contributed by atoms with Crippen molar-refractivity contribution in [3.8, 4) is 11.5 Å². The van der Waals surface area contributed by atoms with E-state index in [1.165, 1.54) is 11.8 Å². The Hall–Kier alpha value is -4.17. The molecule has 2 amide bonds. The molecule has 37 heavy (non-hydrogen) atoms. The molecule has 0 unspecified atom stereocenters. The van der Waals surface area contributed by atoms with Gasteiger partial charge in [-0.3, -0.25) is 9.59 Å². The van der Waals surface area contributed by atoms with E-state index in [0.29, 0.717) is 41.7 Å². The largest absolute Gasteiger partial charge is 0.497 e. The van der Waals surface area contributed by atoms with Gasteiger partial charge in [-0.2, -0.15) is 0 Å². The molecule has 0 aromatic heterocycles. The molecule has 8 heteroatoms. The first-order valence-corrected chi connectivity index (χ1v) is 12.1. The molecule has 5 rings (SSSR count). The molecule has 2 atom stereocenters. The third kappa shape index (κ3) is 4.44. The molecular formula is C29H28N2O6. The topological polar surface area (TPSA) is 97.7 Å². The predicted molar refractivity (Wildman–Crippen MR) is 138 cm³/mol. The lowest BCUT2D eigenvalue weighted by molar-refractivity contribution is -0.131. The molecule has 0 fully saturated rings. The zero-order valence-electron chi connectivity index (χ0n) is 20.7. The van der Waals surface area contributed by atoms with Gasteiger partial charge >= 0.3 is 0 Å². The van der Waals surface area contributed by atoms with Crippen molar-refractivity contribution >= 4 is 23.4 Å². The smallest absolute Gasteiger partial charge is 0.266 e. The molecule has 190 valence electrons. The average molecular weight is 501 g/mol. The third-order valence-electron chi connectivity index (χ3n) is 6.61. The first-order valence-electron chi connectivity index (χ1n) is 12.1. The van der Waals surface area contributed by atoms with Crippen LogP contribution in [0.3, 0.4) is 0 Å². The summed E-state index contributed by atoms with van der Waals surface area (Å²) in [5.41, 5.74) is 1.44. The van der Waals surface area contributed by atoms with Crippen molar-refractivity contribution in [2.24, 2.45) is 4.99 Å². The maximum Gasteiger partial charge on any atom is 0.266 e. The minimum absolute atomic E-state index is 0.0604. The predicted octanol–water partition coefficient (Wildman–Crippen LogP) is 3.85. The molecule has 0 bridgehead atoms. The highest BCUT2D eigenvalue weighted by Crippen LogP contribution is 2.48. The van der Waals surface area contributed by atoms with Gasteiger partial charge in [0.2, 0.25) is 11.8 Å². The number of carbonyl (C=O) groups excluding carboxylic acids is 2. The Morgan fingerprint density at radius 1 is 1.11 bits per heavy atom. The van der Waals surface area contributed by atoms with E-state index in [1.54, 1.807) is 25.3 Å². The van der Waals surface area contributed by atoms with E-state index in [9.17, 15) is 9.59 Å². The van der Waals surface area contributed by atoms with E-state index >= 15 is 0 Å². The van der Waals surface area contributed by atoms with Gasteiger partial charge in [-0.05, 0) is 53.6 Å². The number of ether oxygens (including phenoxy) is 3. The summed E-state index contributed by atoms with van der Waals surface area (Å²) < 4.78 is 17.5. The van der Waals surface area contributed by atoms with Crippen LogP contribution in [-0.4, -0.2) is 48.7 Å². The van der Waals surface area contributed by atoms with Crippen LogP contribution in [0.25, 0.3) is 0 Å². The summed E-state index contributed by atoms with van der Waals surface area (Å²) in [5.74, 6) is 0.784. The zero-order chi connectivity index (χ0) is 26.0. The lowest BCUT2D eigenvalue weighted by atomic mass is 9.78. The fraction of sp³-hybridized carbons (Fsp3) is 0.276. The van der Waals surface area contributed by atoms with E-state index in [1.807, 2.05) is 54.6 Å². The molecule has 3 aromatic carbocycles. The Kier molecular flexibility index (Phi) is 6.67. The number of nitrogens with zero attached hydrogens (tertiary/aromatic N) is 2. The molecule has 0 saturated carbocycles. The number of carbonyl (C=O) groups is 2. The van der Waals surface area contributed by atoms with Crippen molar-refractivity contribution in [1.29, 1.82) is 0 Å². The van der Waals surface area contributed by atoms with E-state index in [-0.39, 0.29) is 18.9 Å². The SMILES string of the molecule is COc1cccc([C@H]2OC(c3ccc(OCCCO)cc3)=N[C@]23Cc2ccccc2N(C(C)=O)C3=O)c1. The molecule has 1 spiro atoms. The number of aliphatic hydroxyl groups excluding tert-OH is 1. The number of hydrogen-bond acceptors (Lipinski definition) is 7. The first-order chi connectivity index (χ1) is 18.0. The standard InChI is InChI=1S/C29H28N2O6/c1-19(33)31-25-10-4-3-7-22(25)18-29(28(31)34)26(21-8-5-9-24(17-21)35-2)37-27(30-29)20-11-13-23(14-12-20)36-16-6-15-32/h3-5,7-14,17,26,32H,6,15-16,18H2,1-2H3/t26-,29-/m1/s1. The summed E-state index contributed by atoms with van der Waals surface area (Å²) in [4.78, 5) is 33.0. The Balaban J connectivity index is 1.60. The van der Waals surface area contributed by atoms with Gasteiger partial charge in [0.1, 0.15) is 11.5 Å². The van der Waals surface area contributed by atoms with Crippen LogP contribution in [-0.2, 0) is 20.7 Å². The fourth-order valence-electron chi connectivity index (χ4n) is 4.86. The summed E-state index contributed by atoms with van der Waals surface area (Å²) in [6, 6.07) is 22.0. The second kappa shape index (κ2) is 10.1. The van der Waals surface area contributed by atoms with Gasteiger partial charge < -0.3 is 19.3 Å². The second-order valence-corrected chi connectivity index (χ2v) is 9.03. The van der Waals surface area contributed by atoms with Crippen molar-refractivity contribution in [1.82, 2.24) is 0 Å². The molecule has 0 saturated heterocycles. The Morgan fingerprint density at radius 3 is 2.62 bits per heavy atom. The highest BCUT2D eigenvalue weighted by molar-refractivity contribution is 6.20. The fourth-order valence-corrected chi connectivity index (χ4v) is 4.86. The zero-order valence-corrected chi connectivity index (χ0v) is 20.7. The maximum absolute atomic E-state index is 14.1. The van der Waals surface area contributed by atoms with Gasteiger partial charge in [0.25, 0.3) is 5.91 Å². The van der Waals surface area contributed by atoms with E-state index in [4.69, 9.17) is 24.3 Å².